The van der Waals surface area contributed by atoms with Crippen LogP contribution >= 0.6 is 15.9 Å². The lowest BCUT2D eigenvalue weighted by atomic mass is 10.0. The summed E-state index contributed by atoms with van der Waals surface area (Å²) in [6.45, 7) is 0. The third-order valence-corrected chi connectivity index (χ3v) is 3.13. The number of benzene rings is 1. The fourth-order valence-corrected chi connectivity index (χ4v) is 1.75. The summed E-state index contributed by atoms with van der Waals surface area (Å²) in [5.41, 5.74) is 0.100. The van der Waals surface area contributed by atoms with Crippen LogP contribution in [-0.4, -0.2) is 25.7 Å². The van der Waals surface area contributed by atoms with Crippen molar-refractivity contribution in [3.63, 3.8) is 0 Å². The van der Waals surface area contributed by atoms with Crippen molar-refractivity contribution < 1.29 is 19.9 Å². The highest BCUT2D eigenvalue weighted by molar-refractivity contribution is 9.10. The molecule has 1 unspecified atom stereocenters. The molecule has 0 heterocycles. The number of aliphatic hydroxyl groups excluding tert-OH is 1. The van der Waals surface area contributed by atoms with E-state index in [1.165, 1.54) is 24.3 Å². The number of hydrogen-bond acceptors (Lipinski definition) is 7. The summed E-state index contributed by atoms with van der Waals surface area (Å²) in [4.78, 5) is 27.3. The van der Waals surface area contributed by atoms with Gasteiger partial charge in [-0.25, -0.2) is 0 Å². The second-order valence-electron chi connectivity index (χ2n) is 3.82. The van der Waals surface area contributed by atoms with E-state index in [-0.39, 0.29) is 5.56 Å². The van der Waals surface area contributed by atoms with E-state index < -0.39 is 33.1 Å². The van der Waals surface area contributed by atoms with Gasteiger partial charge in [0.1, 0.15) is 6.10 Å². The second kappa shape index (κ2) is 5.88. The van der Waals surface area contributed by atoms with Gasteiger partial charge in [-0.05, 0) is 17.7 Å². The zero-order valence-electron chi connectivity index (χ0n) is 9.71. The molecule has 1 rings (SSSR count). The highest BCUT2D eigenvalue weighted by Gasteiger charge is 2.71. The van der Waals surface area contributed by atoms with Crippen LogP contribution in [0.3, 0.4) is 0 Å². The molecule has 0 radical (unpaired) electrons. The van der Waals surface area contributed by atoms with Crippen LogP contribution in [0.25, 0.3) is 0 Å². The van der Waals surface area contributed by atoms with Crippen molar-refractivity contribution in [2.45, 2.75) is 18.3 Å². The molecule has 1 N–H and O–H groups in total. The Bertz CT molecular complexity index is 511. The van der Waals surface area contributed by atoms with Crippen LogP contribution in [-0.2, 0) is 0 Å². The van der Waals surface area contributed by atoms with Crippen molar-refractivity contribution in [3.05, 3.63) is 64.6 Å². The van der Waals surface area contributed by atoms with Gasteiger partial charge >= 0.3 is 5.79 Å². The number of rotatable bonds is 6. The summed E-state index contributed by atoms with van der Waals surface area (Å²) in [6, 6.07) is 5.67. The van der Waals surface area contributed by atoms with E-state index >= 15 is 0 Å². The van der Waals surface area contributed by atoms with Gasteiger partial charge in [0.2, 0.25) is 0 Å². The van der Waals surface area contributed by atoms with E-state index in [2.05, 4.69) is 15.9 Å². The lowest BCUT2D eigenvalue weighted by Crippen LogP contribution is -2.54. The van der Waals surface area contributed by atoms with Crippen molar-refractivity contribution in [2.75, 3.05) is 0 Å². The molecule has 108 valence electrons. The Balaban J connectivity index is 3.13. The third-order valence-electron chi connectivity index (χ3n) is 2.60. The van der Waals surface area contributed by atoms with Crippen LogP contribution in [0.4, 0.5) is 0 Å². The summed E-state index contributed by atoms with van der Waals surface area (Å²) in [5.74, 6) is -3.67. The lowest BCUT2D eigenvalue weighted by molar-refractivity contribution is -0.971. The average molecular weight is 350 g/mol. The van der Waals surface area contributed by atoms with Crippen molar-refractivity contribution in [2.24, 2.45) is 0 Å². The molecule has 0 amide bonds. The standard InChI is InChI=1S/C9H8BrN3O7/c10-7-3-1-6(2-4-7)8(14)5-9(11(15)16,12(17)18)13(19)20/h1-4,8,14H,5H2. The van der Waals surface area contributed by atoms with E-state index in [9.17, 15) is 35.4 Å². The van der Waals surface area contributed by atoms with Gasteiger partial charge < -0.3 is 5.11 Å². The maximum absolute atomic E-state index is 10.7. The normalized spacial score (nSPS) is 12.7. The Morgan fingerprint density at radius 1 is 1.05 bits per heavy atom. The predicted molar refractivity (Wildman–Crippen MR) is 67.4 cm³/mol. The highest BCUT2D eigenvalue weighted by Crippen LogP contribution is 2.28. The predicted octanol–water partition coefficient (Wildman–Crippen LogP) is 1.36. The summed E-state index contributed by atoms with van der Waals surface area (Å²) in [5, 5.41) is 42.0. The van der Waals surface area contributed by atoms with Gasteiger partial charge in [-0.2, -0.15) is 0 Å². The summed E-state index contributed by atoms with van der Waals surface area (Å²) >= 11 is 3.12. The zero-order valence-corrected chi connectivity index (χ0v) is 11.3. The van der Waals surface area contributed by atoms with E-state index in [4.69, 9.17) is 0 Å². The number of aliphatic hydroxyl groups is 1. The van der Waals surface area contributed by atoms with Gasteiger partial charge in [0, 0.05) is 4.47 Å². The minimum absolute atomic E-state index is 0.100. The Hall–Kier alpha value is -2.14. The molecule has 0 saturated carbocycles. The molecule has 1 aromatic rings. The summed E-state index contributed by atoms with van der Waals surface area (Å²) < 4.78 is 0.651. The molecule has 0 aliphatic carbocycles. The van der Waals surface area contributed by atoms with Gasteiger partial charge in [0.05, 0.1) is 0 Å². The first kappa shape index (κ1) is 15.9. The largest absolute Gasteiger partial charge is 0.702 e. The molecular weight excluding hydrogens is 342 g/mol. The monoisotopic (exact) mass is 349 g/mol. The van der Waals surface area contributed by atoms with Crippen LogP contribution < -0.4 is 0 Å². The maximum Gasteiger partial charge on any atom is 0.702 e. The van der Waals surface area contributed by atoms with E-state index in [1.807, 2.05) is 0 Å². The van der Waals surface area contributed by atoms with Crippen LogP contribution in [0.1, 0.15) is 18.1 Å². The van der Waals surface area contributed by atoms with Crippen LogP contribution in [0.15, 0.2) is 28.7 Å². The fourth-order valence-electron chi connectivity index (χ4n) is 1.49. The number of nitro groups is 3. The fraction of sp³-hybridized carbons (Fsp3) is 0.333. The van der Waals surface area contributed by atoms with Crippen molar-refractivity contribution in [1.29, 1.82) is 0 Å². The molecule has 0 spiro atoms. The van der Waals surface area contributed by atoms with Crippen molar-refractivity contribution in [3.8, 4) is 0 Å². The van der Waals surface area contributed by atoms with Crippen molar-refractivity contribution in [1.82, 2.24) is 0 Å². The Labute approximate surface area is 119 Å². The van der Waals surface area contributed by atoms with Crippen LogP contribution in [0.2, 0.25) is 0 Å². The highest BCUT2D eigenvalue weighted by atomic mass is 79.9. The number of hydrogen-bond donors (Lipinski definition) is 1. The van der Waals surface area contributed by atoms with Crippen LogP contribution in [0.5, 0.6) is 0 Å². The Kier molecular flexibility index (Phi) is 4.68. The quantitative estimate of drug-likeness (QED) is 0.462. The molecule has 0 bridgehead atoms. The molecule has 0 aliphatic rings. The molecule has 1 atom stereocenters. The molecule has 0 aliphatic heterocycles. The first-order chi connectivity index (χ1) is 9.21. The summed E-state index contributed by atoms with van der Waals surface area (Å²) in [6.07, 6.45) is -2.99. The first-order valence-corrected chi connectivity index (χ1v) is 5.88. The zero-order chi connectivity index (χ0) is 15.5. The SMILES string of the molecule is O=[N+]([O-])C(CC(O)c1ccc(Br)cc1)([N+](=O)[O-])[N+](=O)[O-]. The molecule has 0 aromatic heterocycles. The molecule has 20 heavy (non-hydrogen) atoms. The van der Waals surface area contributed by atoms with E-state index in [0.29, 0.717) is 4.47 Å². The second-order valence-corrected chi connectivity index (χ2v) is 4.73. The number of halogens is 1. The molecule has 10 nitrogen and oxygen atoms in total. The molecule has 1 aromatic carbocycles. The topological polar surface area (TPSA) is 150 Å². The number of nitrogens with zero attached hydrogens (tertiary/aromatic N) is 3. The van der Waals surface area contributed by atoms with E-state index in [0.717, 1.165) is 0 Å². The smallest absolute Gasteiger partial charge is 0.387 e. The van der Waals surface area contributed by atoms with Gasteiger partial charge in [0.25, 0.3) is 0 Å². The molecule has 0 saturated heterocycles. The first-order valence-electron chi connectivity index (χ1n) is 5.09. The average Bonchev–Trinajstić information content (AvgIpc) is 2.35. The van der Waals surface area contributed by atoms with Gasteiger partial charge in [-0.3, -0.25) is 30.3 Å². The molecular formula is C9H8BrN3O7. The van der Waals surface area contributed by atoms with Gasteiger partial charge in [-0.1, -0.05) is 28.1 Å². The lowest BCUT2D eigenvalue weighted by Gasteiger charge is -2.13. The maximum atomic E-state index is 10.7. The van der Waals surface area contributed by atoms with Gasteiger partial charge in [0.15, 0.2) is 21.2 Å². The summed E-state index contributed by atoms with van der Waals surface area (Å²) in [7, 11) is 0. The van der Waals surface area contributed by atoms with Gasteiger partial charge in [-0.15, -0.1) is 0 Å². The Morgan fingerprint density at radius 3 is 1.80 bits per heavy atom. The minimum atomic E-state index is -3.67. The van der Waals surface area contributed by atoms with E-state index in [1.54, 1.807) is 0 Å². The van der Waals surface area contributed by atoms with Crippen molar-refractivity contribution >= 4 is 15.9 Å². The van der Waals surface area contributed by atoms with Crippen LogP contribution in [0, 0.1) is 30.3 Å². The molecule has 0 fully saturated rings. The molecule has 11 heteroatoms. The minimum Gasteiger partial charge on any atom is -0.387 e. The third kappa shape index (κ3) is 2.88. The Morgan fingerprint density at radius 2 is 1.45 bits per heavy atom.